The average molecular weight is 288 g/mol. The van der Waals surface area contributed by atoms with Gasteiger partial charge in [-0.05, 0) is 13.0 Å². The van der Waals surface area contributed by atoms with Crippen LogP contribution in [0.25, 0.3) is 5.52 Å². The number of aromatic nitrogens is 3. The van der Waals surface area contributed by atoms with Crippen LogP contribution in [0, 0.1) is 0 Å². The van der Waals surface area contributed by atoms with Gasteiger partial charge in [-0.1, -0.05) is 0 Å². The molecule has 2 aromatic heterocycles. The van der Waals surface area contributed by atoms with Gasteiger partial charge < -0.3 is 15.5 Å². The molecule has 0 unspecified atom stereocenters. The van der Waals surface area contributed by atoms with Crippen molar-refractivity contribution >= 4 is 11.4 Å². The molecular weight excluding hydrogens is 268 g/mol. The molecule has 21 heavy (non-hydrogen) atoms. The summed E-state index contributed by atoms with van der Waals surface area (Å²) in [5, 5.41) is 10.4. The topological polar surface area (TPSA) is 74.6 Å². The van der Waals surface area contributed by atoms with Crippen LogP contribution >= 0.6 is 0 Å². The number of nitrogens with zero attached hydrogens (tertiary/aromatic N) is 4. The van der Waals surface area contributed by atoms with Gasteiger partial charge in [-0.15, -0.1) is 0 Å². The van der Waals surface area contributed by atoms with Gasteiger partial charge in [0.05, 0.1) is 23.5 Å². The number of rotatable bonds is 5. The molecule has 0 bridgehead atoms. The number of amides is 1. The van der Waals surface area contributed by atoms with Crippen molar-refractivity contribution in [3.05, 3.63) is 30.4 Å². The predicted molar refractivity (Wildman–Crippen MR) is 79.2 cm³/mol. The summed E-state index contributed by atoms with van der Waals surface area (Å²) in [6, 6.07) is 0. The summed E-state index contributed by atoms with van der Waals surface area (Å²) in [5.74, 6) is -0.0849. The maximum Gasteiger partial charge on any atom is 0.255 e. The molecule has 0 aliphatic carbocycles. The maximum absolute atomic E-state index is 12.2. The molecule has 1 aliphatic heterocycles. The SMILES string of the molecule is O=C(NCCCN1CCNCC1)c1cnn2ccncc12. The molecular formula is C14H20N6O. The minimum Gasteiger partial charge on any atom is -0.352 e. The molecule has 1 amide bonds. The lowest BCUT2D eigenvalue weighted by atomic mass is 10.2. The summed E-state index contributed by atoms with van der Waals surface area (Å²) in [5.41, 5.74) is 1.31. The van der Waals surface area contributed by atoms with Crippen molar-refractivity contribution in [2.75, 3.05) is 39.3 Å². The summed E-state index contributed by atoms with van der Waals surface area (Å²) < 4.78 is 1.66. The first-order valence-electron chi connectivity index (χ1n) is 7.33. The van der Waals surface area contributed by atoms with Gasteiger partial charge in [0.25, 0.3) is 5.91 Å². The van der Waals surface area contributed by atoms with Crippen LogP contribution in [0.3, 0.4) is 0 Å². The lowest BCUT2D eigenvalue weighted by molar-refractivity contribution is 0.0953. The Kier molecular flexibility index (Phi) is 4.42. The largest absolute Gasteiger partial charge is 0.352 e. The van der Waals surface area contributed by atoms with E-state index >= 15 is 0 Å². The molecule has 7 nitrogen and oxygen atoms in total. The van der Waals surface area contributed by atoms with Crippen LogP contribution in [-0.2, 0) is 0 Å². The molecule has 1 aliphatic rings. The predicted octanol–water partition coefficient (Wildman–Crippen LogP) is -0.246. The number of hydrogen-bond donors (Lipinski definition) is 2. The van der Waals surface area contributed by atoms with E-state index in [0.29, 0.717) is 12.1 Å². The molecule has 1 saturated heterocycles. The summed E-state index contributed by atoms with van der Waals surface area (Å²) in [6.45, 7) is 6.00. The Morgan fingerprint density at radius 2 is 2.19 bits per heavy atom. The van der Waals surface area contributed by atoms with Gasteiger partial charge in [-0.25, -0.2) is 4.52 Å². The van der Waals surface area contributed by atoms with Gasteiger partial charge in [-0.2, -0.15) is 5.10 Å². The zero-order valence-electron chi connectivity index (χ0n) is 12.0. The summed E-state index contributed by atoms with van der Waals surface area (Å²) >= 11 is 0. The highest BCUT2D eigenvalue weighted by atomic mass is 16.1. The highest BCUT2D eigenvalue weighted by molar-refractivity contribution is 6.00. The molecule has 0 radical (unpaired) electrons. The highest BCUT2D eigenvalue weighted by Crippen LogP contribution is 2.08. The molecule has 2 aromatic rings. The third kappa shape index (κ3) is 3.37. The Morgan fingerprint density at radius 3 is 3.05 bits per heavy atom. The third-order valence-corrected chi connectivity index (χ3v) is 3.72. The Hall–Kier alpha value is -1.99. The standard InChI is InChI=1S/C14H20N6O/c21-14(12-10-18-20-9-5-16-11-13(12)20)17-2-1-6-19-7-3-15-4-8-19/h5,9-11,15H,1-4,6-8H2,(H,17,21). The molecule has 3 heterocycles. The van der Waals surface area contributed by atoms with Crippen molar-refractivity contribution in [2.24, 2.45) is 0 Å². The smallest absolute Gasteiger partial charge is 0.255 e. The lowest BCUT2D eigenvalue weighted by Crippen LogP contribution is -2.44. The van der Waals surface area contributed by atoms with Crippen molar-refractivity contribution < 1.29 is 4.79 Å². The second-order valence-electron chi connectivity index (χ2n) is 5.17. The van der Waals surface area contributed by atoms with Gasteiger partial charge in [-0.3, -0.25) is 9.78 Å². The number of carbonyl (C=O) groups excluding carboxylic acids is 1. The van der Waals surface area contributed by atoms with E-state index in [9.17, 15) is 4.79 Å². The van der Waals surface area contributed by atoms with Gasteiger partial charge in [0.15, 0.2) is 0 Å². The van der Waals surface area contributed by atoms with Gasteiger partial charge in [0, 0.05) is 45.1 Å². The number of fused-ring (bicyclic) bond motifs is 1. The molecule has 0 saturated carbocycles. The van der Waals surface area contributed by atoms with E-state index in [2.05, 4.69) is 25.6 Å². The first-order chi connectivity index (χ1) is 10.3. The minimum atomic E-state index is -0.0849. The Labute approximate surface area is 123 Å². The Bertz CT molecular complexity index is 604. The molecule has 0 aromatic carbocycles. The summed E-state index contributed by atoms with van der Waals surface area (Å²) in [4.78, 5) is 18.6. The second-order valence-corrected chi connectivity index (χ2v) is 5.17. The van der Waals surface area contributed by atoms with E-state index in [0.717, 1.165) is 44.7 Å². The van der Waals surface area contributed by atoms with E-state index in [1.165, 1.54) is 0 Å². The van der Waals surface area contributed by atoms with Crippen LogP contribution in [0.15, 0.2) is 24.8 Å². The first-order valence-corrected chi connectivity index (χ1v) is 7.33. The molecule has 3 rings (SSSR count). The number of piperazine rings is 1. The summed E-state index contributed by atoms with van der Waals surface area (Å²) in [6.07, 6.45) is 7.58. The summed E-state index contributed by atoms with van der Waals surface area (Å²) in [7, 11) is 0. The molecule has 7 heteroatoms. The molecule has 1 fully saturated rings. The average Bonchev–Trinajstić information content (AvgIpc) is 2.96. The minimum absolute atomic E-state index is 0.0849. The van der Waals surface area contributed by atoms with Crippen LogP contribution in [-0.4, -0.2) is 64.7 Å². The van der Waals surface area contributed by atoms with E-state index in [1.54, 1.807) is 29.3 Å². The number of nitrogens with one attached hydrogen (secondary N) is 2. The molecule has 0 spiro atoms. The van der Waals surface area contributed by atoms with Crippen molar-refractivity contribution in [3.8, 4) is 0 Å². The molecule has 112 valence electrons. The fourth-order valence-electron chi connectivity index (χ4n) is 2.54. The first kappa shape index (κ1) is 14.0. The van der Waals surface area contributed by atoms with Crippen molar-refractivity contribution in [2.45, 2.75) is 6.42 Å². The Morgan fingerprint density at radius 1 is 1.33 bits per heavy atom. The number of carbonyl (C=O) groups is 1. The lowest BCUT2D eigenvalue weighted by Gasteiger charge is -2.27. The monoisotopic (exact) mass is 288 g/mol. The van der Waals surface area contributed by atoms with Crippen LogP contribution in [0.1, 0.15) is 16.8 Å². The van der Waals surface area contributed by atoms with Crippen molar-refractivity contribution in [3.63, 3.8) is 0 Å². The normalized spacial score (nSPS) is 16.2. The van der Waals surface area contributed by atoms with E-state index in [-0.39, 0.29) is 5.91 Å². The zero-order chi connectivity index (χ0) is 14.5. The quantitative estimate of drug-likeness (QED) is 0.743. The Balaban J connectivity index is 1.48. The second kappa shape index (κ2) is 6.64. The van der Waals surface area contributed by atoms with Gasteiger partial charge >= 0.3 is 0 Å². The van der Waals surface area contributed by atoms with Crippen molar-refractivity contribution in [1.82, 2.24) is 30.1 Å². The highest BCUT2D eigenvalue weighted by Gasteiger charge is 2.12. The number of hydrogen-bond acceptors (Lipinski definition) is 5. The molecule has 2 N–H and O–H groups in total. The van der Waals surface area contributed by atoms with Crippen LogP contribution in [0.5, 0.6) is 0 Å². The zero-order valence-corrected chi connectivity index (χ0v) is 12.0. The van der Waals surface area contributed by atoms with Crippen LogP contribution in [0.2, 0.25) is 0 Å². The maximum atomic E-state index is 12.2. The fraction of sp³-hybridized carbons (Fsp3) is 0.500. The van der Waals surface area contributed by atoms with Crippen molar-refractivity contribution in [1.29, 1.82) is 0 Å². The van der Waals surface area contributed by atoms with Crippen LogP contribution in [0.4, 0.5) is 0 Å². The third-order valence-electron chi connectivity index (χ3n) is 3.72. The van der Waals surface area contributed by atoms with E-state index in [4.69, 9.17) is 0 Å². The fourth-order valence-corrected chi connectivity index (χ4v) is 2.54. The molecule has 0 atom stereocenters. The van der Waals surface area contributed by atoms with E-state index < -0.39 is 0 Å². The van der Waals surface area contributed by atoms with Gasteiger partial charge in [0.2, 0.25) is 0 Å². The van der Waals surface area contributed by atoms with E-state index in [1.807, 2.05) is 0 Å². The van der Waals surface area contributed by atoms with Crippen LogP contribution < -0.4 is 10.6 Å². The van der Waals surface area contributed by atoms with Gasteiger partial charge in [0.1, 0.15) is 0 Å².